The molecule has 1 saturated carbocycles. The van der Waals surface area contributed by atoms with Crippen LogP contribution in [-0.2, 0) is 4.79 Å². The number of piperidine rings is 1. The van der Waals surface area contributed by atoms with E-state index >= 15 is 0 Å². The predicted octanol–water partition coefficient (Wildman–Crippen LogP) is 4.50. The molecule has 0 spiro atoms. The minimum absolute atomic E-state index is 0.0365. The Labute approximate surface area is 176 Å². The highest BCUT2D eigenvalue weighted by Crippen LogP contribution is 2.38. The molecule has 3 atom stereocenters. The minimum Gasteiger partial charge on any atom is -0.342 e. The number of para-hydroxylation sites is 1. The molecule has 5 nitrogen and oxygen atoms in total. The van der Waals surface area contributed by atoms with Crippen molar-refractivity contribution in [3.8, 4) is 0 Å². The Hall–Kier alpha value is -1.82. The van der Waals surface area contributed by atoms with Gasteiger partial charge in [0.15, 0.2) is 5.16 Å². The highest BCUT2D eigenvalue weighted by molar-refractivity contribution is 7.99. The normalized spacial score (nSPS) is 25.3. The standard InChI is InChI=1S/C23H31N3O2S/c1-16-9-8-12-20(17(16)2)26-22(28)18-10-4-5-11-19(18)24-23(26)29-15-21(27)25-13-6-3-7-14-25/h4-5,10-11,16-17,20H,3,6-9,12-15H2,1-2H3/t16-,17-,20-/m1/s1. The van der Waals surface area contributed by atoms with Crippen molar-refractivity contribution < 1.29 is 4.79 Å². The first-order valence-electron chi connectivity index (χ1n) is 11.0. The second kappa shape index (κ2) is 8.90. The highest BCUT2D eigenvalue weighted by Gasteiger charge is 2.31. The maximum Gasteiger partial charge on any atom is 0.262 e. The molecule has 1 aliphatic carbocycles. The zero-order chi connectivity index (χ0) is 20.4. The van der Waals surface area contributed by atoms with Gasteiger partial charge in [0.2, 0.25) is 5.91 Å². The Morgan fingerprint density at radius 3 is 2.66 bits per heavy atom. The quantitative estimate of drug-likeness (QED) is 0.547. The Morgan fingerprint density at radius 2 is 1.86 bits per heavy atom. The molecule has 1 saturated heterocycles. The van der Waals surface area contributed by atoms with Gasteiger partial charge in [-0.25, -0.2) is 4.98 Å². The summed E-state index contributed by atoms with van der Waals surface area (Å²) in [4.78, 5) is 33.0. The van der Waals surface area contributed by atoms with Crippen LogP contribution in [0.15, 0.2) is 34.2 Å². The molecule has 2 fully saturated rings. The molecule has 0 N–H and O–H groups in total. The molecular weight excluding hydrogens is 382 g/mol. The van der Waals surface area contributed by atoms with E-state index in [0.29, 0.717) is 28.1 Å². The number of thioether (sulfide) groups is 1. The van der Waals surface area contributed by atoms with Gasteiger partial charge >= 0.3 is 0 Å². The summed E-state index contributed by atoms with van der Waals surface area (Å²) in [6, 6.07) is 7.72. The average Bonchev–Trinajstić information content (AvgIpc) is 2.75. The number of benzene rings is 1. The van der Waals surface area contributed by atoms with Gasteiger partial charge in [0, 0.05) is 19.1 Å². The van der Waals surface area contributed by atoms with Crippen LogP contribution < -0.4 is 5.56 Å². The summed E-state index contributed by atoms with van der Waals surface area (Å²) in [5, 5.41) is 1.37. The molecule has 156 valence electrons. The lowest BCUT2D eigenvalue weighted by Crippen LogP contribution is -2.37. The third kappa shape index (κ3) is 4.23. The predicted molar refractivity (Wildman–Crippen MR) is 118 cm³/mol. The second-order valence-corrected chi connectivity index (χ2v) is 9.59. The van der Waals surface area contributed by atoms with Crippen LogP contribution >= 0.6 is 11.8 Å². The summed E-state index contributed by atoms with van der Waals surface area (Å²) >= 11 is 1.44. The van der Waals surface area contributed by atoms with Gasteiger partial charge in [-0.2, -0.15) is 0 Å². The molecule has 1 amide bonds. The largest absolute Gasteiger partial charge is 0.342 e. The fourth-order valence-corrected chi connectivity index (χ4v) is 5.75. The molecule has 1 aromatic heterocycles. The van der Waals surface area contributed by atoms with Crippen LogP contribution in [0.25, 0.3) is 10.9 Å². The first-order chi connectivity index (χ1) is 14.1. The maximum atomic E-state index is 13.5. The van der Waals surface area contributed by atoms with E-state index in [9.17, 15) is 9.59 Å². The van der Waals surface area contributed by atoms with Crippen LogP contribution in [0.2, 0.25) is 0 Å². The Kier molecular flexibility index (Phi) is 6.28. The number of amides is 1. The number of fused-ring (bicyclic) bond motifs is 1. The summed E-state index contributed by atoms with van der Waals surface area (Å²) in [5.74, 6) is 1.51. The van der Waals surface area contributed by atoms with Crippen LogP contribution in [0, 0.1) is 11.8 Å². The molecule has 0 bridgehead atoms. The lowest BCUT2D eigenvalue weighted by molar-refractivity contribution is -0.129. The summed E-state index contributed by atoms with van der Waals surface area (Å²) in [6.45, 7) is 6.25. The van der Waals surface area contributed by atoms with E-state index in [1.165, 1.54) is 24.6 Å². The van der Waals surface area contributed by atoms with Crippen molar-refractivity contribution in [2.24, 2.45) is 11.8 Å². The number of hydrogen-bond donors (Lipinski definition) is 0. The number of hydrogen-bond acceptors (Lipinski definition) is 4. The van der Waals surface area contributed by atoms with Crippen molar-refractivity contribution >= 4 is 28.6 Å². The fraction of sp³-hybridized carbons (Fsp3) is 0.609. The van der Waals surface area contributed by atoms with Crippen molar-refractivity contribution in [2.75, 3.05) is 18.8 Å². The van der Waals surface area contributed by atoms with Gasteiger partial charge in [-0.1, -0.05) is 50.6 Å². The summed E-state index contributed by atoms with van der Waals surface area (Å²) < 4.78 is 1.91. The van der Waals surface area contributed by atoms with Crippen molar-refractivity contribution in [1.82, 2.24) is 14.5 Å². The summed E-state index contributed by atoms with van der Waals surface area (Å²) in [6.07, 6.45) is 6.73. The van der Waals surface area contributed by atoms with E-state index < -0.39 is 0 Å². The number of likely N-dealkylation sites (tertiary alicyclic amines) is 1. The Morgan fingerprint density at radius 1 is 1.10 bits per heavy atom. The number of carbonyl (C=O) groups excluding carboxylic acids is 1. The molecule has 1 aliphatic heterocycles. The minimum atomic E-state index is 0.0365. The third-order valence-corrected chi connectivity index (χ3v) is 7.74. The van der Waals surface area contributed by atoms with E-state index in [2.05, 4.69) is 13.8 Å². The smallest absolute Gasteiger partial charge is 0.262 e. The van der Waals surface area contributed by atoms with E-state index in [4.69, 9.17) is 4.98 Å². The summed E-state index contributed by atoms with van der Waals surface area (Å²) in [5.41, 5.74) is 0.757. The third-order valence-electron chi connectivity index (χ3n) is 6.80. The Bertz CT molecular complexity index is 935. The number of aromatic nitrogens is 2. The fourth-order valence-electron chi connectivity index (χ4n) is 4.80. The van der Waals surface area contributed by atoms with Crippen molar-refractivity contribution in [1.29, 1.82) is 0 Å². The first kappa shape index (κ1) is 20.5. The molecule has 0 radical (unpaired) electrons. The van der Waals surface area contributed by atoms with Crippen LogP contribution in [0.3, 0.4) is 0 Å². The summed E-state index contributed by atoms with van der Waals surface area (Å²) in [7, 11) is 0. The molecule has 2 aromatic rings. The maximum absolute atomic E-state index is 13.5. The van der Waals surface area contributed by atoms with Crippen LogP contribution in [0.1, 0.15) is 58.4 Å². The number of carbonyl (C=O) groups is 1. The van der Waals surface area contributed by atoms with E-state index in [-0.39, 0.29) is 17.5 Å². The van der Waals surface area contributed by atoms with E-state index in [1.807, 2.05) is 33.7 Å². The van der Waals surface area contributed by atoms with Crippen molar-refractivity contribution in [2.45, 2.75) is 63.6 Å². The average molecular weight is 414 g/mol. The first-order valence-corrected chi connectivity index (χ1v) is 12.0. The van der Waals surface area contributed by atoms with Gasteiger partial charge in [-0.3, -0.25) is 14.2 Å². The van der Waals surface area contributed by atoms with Crippen LogP contribution in [0.4, 0.5) is 0 Å². The Balaban J connectivity index is 1.67. The van der Waals surface area contributed by atoms with Gasteiger partial charge in [-0.15, -0.1) is 0 Å². The molecule has 29 heavy (non-hydrogen) atoms. The number of nitrogens with zero attached hydrogens (tertiary/aromatic N) is 3. The van der Waals surface area contributed by atoms with Gasteiger partial charge < -0.3 is 4.90 Å². The van der Waals surface area contributed by atoms with Gasteiger partial charge in [0.25, 0.3) is 5.56 Å². The highest BCUT2D eigenvalue weighted by atomic mass is 32.2. The van der Waals surface area contributed by atoms with E-state index in [0.717, 1.165) is 44.3 Å². The number of rotatable bonds is 4. The second-order valence-electron chi connectivity index (χ2n) is 8.65. The zero-order valence-corrected chi connectivity index (χ0v) is 18.3. The van der Waals surface area contributed by atoms with Crippen LogP contribution in [-0.4, -0.2) is 39.2 Å². The monoisotopic (exact) mass is 413 g/mol. The van der Waals surface area contributed by atoms with Crippen molar-refractivity contribution in [3.63, 3.8) is 0 Å². The lowest BCUT2D eigenvalue weighted by Gasteiger charge is -2.36. The molecule has 6 heteroatoms. The van der Waals surface area contributed by atoms with Gasteiger partial charge in [0.1, 0.15) is 0 Å². The van der Waals surface area contributed by atoms with Crippen molar-refractivity contribution in [3.05, 3.63) is 34.6 Å². The SMILES string of the molecule is C[C@@H]1[C@H](C)CCC[C@H]1n1c(SCC(=O)N2CCCCC2)nc2ccccc2c1=O. The molecule has 1 aromatic carbocycles. The molecule has 4 rings (SSSR count). The van der Waals surface area contributed by atoms with Gasteiger partial charge in [-0.05, 0) is 49.7 Å². The zero-order valence-electron chi connectivity index (χ0n) is 17.5. The molecule has 0 unspecified atom stereocenters. The topological polar surface area (TPSA) is 55.2 Å². The van der Waals surface area contributed by atoms with E-state index in [1.54, 1.807) is 0 Å². The molecule has 2 heterocycles. The molecular formula is C23H31N3O2S. The van der Waals surface area contributed by atoms with Gasteiger partial charge in [0.05, 0.1) is 16.7 Å². The lowest BCUT2D eigenvalue weighted by atomic mass is 9.78. The molecule has 2 aliphatic rings. The van der Waals surface area contributed by atoms with Crippen LogP contribution in [0.5, 0.6) is 0 Å².